The van der Waals surface area contributed by atoms with Gasteiger partial charge in [-0.2, -0.15) is 0 Å². The second-order valence-corrected chi connectivity index (χ2v) is 4.23. The van der Waals surface area contributed by atoms with Crippen LogP contribution < -0.4 is 4.74 Å². The monoisotopic (exact) mass is 262 g/mol. The standard InChI is InChI=1S/C9H11IO/c1-7(10)8-5-3-4-6-9(8)11-2/h3-7H,1-2H3. The van der Waals surface area contributed by atoms with Crippen LogP contribution >= 0.6 is 22.6 Å². The zero-order valence-corrected chi connectivity index (χ0v) is 8.83. The van der Waals surface area contributed by atoms with Crippen molar-refractivity contribution in [3.8, 4) is 5.75 Å². The van der Waals surface area contributed by atoms with E-state index in [-0.39, 0.29) is 0 Å². The summed E-state index contributed by atoms with van der Waals surface area (Å²) in [4.78, 5) is 0. The first-order chi connectivity index (χ1) is 5.25. The van der Waals surface area contributed by atoms with E-state index in [0.29, 0.717) is 3.92 Å². The first-order valence-electron chi connectivity index (χ1n) is 3.52. The second-order valence-electron chi connectivity index (χ2n) is 2.36. The summed E-state index contributed by atoms with van der Waals surface area (Å²) in [7, 11) is 1.71. The van der Waals surface area contributed by atoms with Crippen LogP contribution in [0.4, 0.5) is 0 Å². The highest BCUT2D eigenvalue weighted by Crippen LogP contribution is 2.30. The van der Waals surface area contributed by atoms with Gasteiger partial charge in [0.15, 0.2) is 0 Å². The van der Waals surface area contributed by atoms with Crippen molar-refractivity contribution in [2.75, 3.05) is 7.11 Å². The number of ether oxygens (including phenoxy) is 1. The van der Waals surface area contributed by atoms with E-state index >= 15 is 0 Å². The Labute approximate surface area is 80.9 Å². The first kappa shape index (κ1) is 8.84. The molecule has 2 heteroatoms. The molecule has 0 N–H and O–H groups in total. The molecule has 0 heterocycles. The van der Waals surface area contributed by atoms with Crippen LogP contribution in [0.2, 0.25) is 0 Å². The van der Waals surface area contributed by atoms with Gasteiger partial charge in [0, 0.05) is 9.49 Å². The molecule has 1 rings (SSSR count). The van der Waals surface area contributed by atoms with Crippen LogP contribution in [-0.2, 0) is 0 Å². The number of benzene rings is 1. The molecule has 1 nitrogen and oxygen atoms in total. The molecule has 11 heavy (non-hydrogen) atoms. The van der Waals surface area contributed by atoms with E-state index in [4.69, 9.17) is 4.74 Å². The molecule has 0 amide bonds. The van der Waals surface area contributed by atoms with Gasteiger partial charge in [0.25, 0.3) is 0 Å². The van der Waals surface area contributed by atoms with Crippen LogP contribution in [-0.4, -0.2) is 7.11 Å². The molecule has 0 aliphatic heterocycles. The fourth-order valence-electron chi connectivity index (χ4n) is 0.995. The summed E-state index contributed by atoms with van der Waals surface area (Å²) in [5.41, 5.74) is 1.26. The number of hydrogen-bond acceptors (Lipinski definition) is 1. The van der Waals surface area contributed by atoms with Gasteiger partial charge in [-0.25, -0.2) is 0 Å². The first-order valence-corrected chi connectivity index (χ1v) is 4.77. The van der Waals surface area contributed by atoms with Gasteiger partial charge in [-0.3, -0.25) is 0 Å². The number of alkyl halides is 1. The Kier molecular flexibility index (Phi) is 3.17. The summed E-state index contributed by atoms with van der Waals surface area (Å²) >= 11 is 2.38. The highest BCUT2D eigenvalue weighted by Gasteiger charge is 2.05. The molecule has 1 atom stereocenters. The molecule has 0 spiro atoms. The smallest absolute Gasteiger partial charge is 0.123 e. The predicted octanol–water partition coefficient (Wildman–Crippen LogP) is 3.19. The van der Waals surface area contributed by atoms with Gasteiger partial charge < -0.3 is 4.74 Å². The molecule has 60 valence electrons. The Hall–Kier alpha value is -0.250. The minimum absolute atomic E-state index is 0.503. The maximum Gasteiger partial charge on any atom is 0.123 e. The summed E-state index contributed by atoms with van der Waals surface area (Å²) in [6.45, 7) is 2.15. The van der Waals surface area contributed by atoms with E-state index < -0.39 is 0 Å². The zero-order chi connectivity index (χ0) is 8.27. The van der Waals surface area contributed by atoms with E-state index in [0.717, 1.165) is 5.75 Å². The van der Waals surface area contributed by atoms with Gasteiger partial charge in [-0.1, -0.05) is 40.8 Å². The van der Waals surface area contributed by atoms with Crippen molar-refractivity contribution in [3.63, 3.8) is 0 Å². The van der Waals surface area contributed by atoms with Gasteiger partial charge in [0.05, 0.1) is 7.11 Å². The molecular formula is C9H11IO. The van der Waals surface area contributed by atoms with Gasteiger partial charge in [-0.05, 0) is 13.0 Å². The molecule has 0 saturated carbocycles. The van der Waals surface area contributed by atoms with E-state index in [1.807, 2.05) is 18.2 Å². The Morgan fingerprint density at radius 3 is 2.45 bits per heavy atom. The lowest BCUT2D eigenvalue weighted by Gasteiger charge is -2.08. The minimum atomic E-state index is 0.503. The number of hydrogen-bond donors (Lipinski definition) is 0. The van der Waals surface area contributed by atoms with Gasteiger partial charge in [0.2, 0.25) is 0 Å². The van der Waals surface area contributed by atoms with Crippen LogP contribution in [0.1, 0.15) is 16.4 Å². The Bertz CT molecular complexity index is 233. The normalized spacial score (nSPS) is 12.6. The third-order valence-electron chi connectivity index (χ3n) is 1.57. The van der Waals surface area contributed by atoms with Crippen molar-refractivity contribution in [2.24, 2.45) is 0 Å². The Morgan fingerprint density at radius 1 is 1.36 bits per heavy atom. The highest BCUT2D eigenvalue weighted by molar-refractivity contribution is 14.1. The number of halogens is 1. The predicted molar refractivity (Wildman–Crippen MR) is 55.4 cm³/mol. The molecule has 0 fully saturated rings. The topological polar surface area (TPSA) is 9.23 Å². The molecule has 0 saturated heterocycles. The summed E-state index contributed by atoms with van der Waals surface area (Å²) in [6, 6.07) is 8.11. The van der Waals surface area contributed by atoms with Gasteiger partial charge >= 0.3 is 0 Å². The maximum atomic E-state index is 5.20. The fraction of sp³-hybridized carbons (Fsp3) is 0.333. The van der Waals surface area contributed by atoms with E-state index in [9.17, 15) is 0 Å². The van der Waals surface area contributed by atoms with E-state index in [2.05, 4.69) is 35.6 Å². The molecule has 0 aliphatic carbocycles. The number of rotatable bonds is 2. The molecule has 0 bridgehead atoms. The second kappa shape index (κ2) is 3.95. The molecule has 0 aliphatic rings. The van der Waals surface area contributed by atoms with E-state index in [1.165, 1.54) is 5.56 Å². The van der Waals surface area contributed by atoms with Gasteiger partial charge in [-0.15, -0.1) is 0 Å². The van der Waals surface area contributed by atoms with Crippen LogP contribution in [0.25, 0.3) is 0 Å². The quantitative estimate of drug-likeness (QED) is 0.587. The maximum absolute atomic E-state index is 5.20. The molecule has 1 aromatic rings. The van der Waals surface area contributed by atoms with Crippen molar-refractivity contribution in [2.45, 2.75) is 10.8 Å². The molecular weight excluding hydrogens is 251 g/mol. The summed E-state index contributed by atoms with van der Waals surface area (Å²) < 4.78 is 5.71. The van der Waals surface area contributed by atoms with Crippen molar-refractivity contribution in [1.29, 1.82) is 0 Å². The fourth-order valence-corrected chi connectivity index (χ4v) is 1.51. The molecule has 1 aromatic carbocycles. The Morgan fingerprint density at radius 2 is 2.00 bits per heavy atom. The van der Waals surface area contributed by atoms with Crippen LogP contribution in [0.5, 0.6) is 5.75 Å². The van der Waals surface area contributed by atoms with E-state index in [1.54, 1.807) is 7.11 Å². The van der Waals surface area contributed by atoms with Crippen molar-refractivity contribution in [3.05, 3.63) is 29.8 Å². The van der Waals surface area contributed by atoms with Crippen molar-refractivity contribution < 1.29 is 4.74 Å². The summed E-state index contributed by atoms with van der Waals surface area (Å²) in [5.74, 6) is 0.981. The SMILES string of the molecule is COc1ccccc1C(C)I. The zero-order valence-electron chi connectivity index (χ0n) is 6.67. The van der Waals surface area contributed by atoms with Crippen LogP contribution in [0.3, 0.4) is 0 Å². The molecule has 0 aromatic heterocycles. The largest absolute Gasteiger partial charge is 0.496 e. The summed E-state index contributed by atoms with van der Waals surface area (Å²) in [5, 5.41) is 0. The summed E-state index contributed by atoms with van der Waals surface area (Å²) in [6.07, 6.45) is 0. The molecule has 1 unspecified atom stereocenters. The molecule has 0 radical (unpaired) electrons. The van der Waals surface area contributed by atoms with Crippen molar-refractivity contribution in [1.82, 2.24) is 0 Å². The van der Waals surface area contributed by atoms with Gasteiger partial charge in [0.1, 0.15) is 5.75 Å². The number of methoxy groups -OCH3 is 1. The average Bonchev–Trinajstić information content (AvgIpc) is 2.04. The van der Waals surface area contributed by atoms with Crippen molar-refractivity contribution >= 4 is 22.6 Å². The lowest BCUT2D eigenvalue weighted by Crippen LogP contribution is -1.90. The van der Waals surface area contributed by atoms with Crippen LogP contribution in [0.15, 0.2) is 24.3 Å². The third-order valence-corrected chi connectivity index (χ3v) is 2.24. The Balaban J connectivity index is 3.02. The minimum Gasteiger partial charge on any atom is -0.496 e. The average molecular weight is 262 g/mol. The van der Waals surface area contributed by atoms with Crippen LogP contribution in [0, 0.1) is 0 Å². The highest BCUT2D eigenvalue weighted by atomic mass is 127. The lowest BCUT2D eigenvalue weighted by atomic mass is 10.1. The third kappa shape index (κ3) is 2.09. The number of para-hydroxylation sites is 1. The lowest BCUT2D eigenvalue weighted by molar-refractivity contribution is 0.410.